The zero-order chi connectivity index (χ0) is 23.2. The molecule has 1 aromatic heterocycles. The van der Waals surface area contributed by atoms with Crippen molar-refractivity contribution in [3.63, 3.8) is 0 Å². The van der Waals surface area contributed by atoms with Crippen molar-refractivity contribution >= 4 is 16.9 Å². The van der Waals surface area contributed by atoms with Gasteiger partial charge < -0.3 is 14.2 Å². The number of benzene rings is 2. The largest absolute Gasteiger partial charge is 0.457 e. The molecule has 170 valence electrons. The number of halogens is 1. The highest BCUT2D eigenvalue weighted by Gasteiger charge is 2.37. The van der Waals surface area contributed by atoms with E-state index in [1.54, 1.807) is 26.0 Å². The van der Waals surface area contributed by atoms with Gasteiger partial charge in [-0.1, -0.05) is 30.3 Å². The Labute approximate surface area is 192 Å². The smallest absolute Gasteiger partial charge is 0.303 e. The van der Waals surface area contributed by atoms with Crippen molar-refractivity contribution < 1.29 is 23.4 Å². The van der Waals surface area contributed by atoms with E-state index in [4.69, 9.17) is 19.2 Å². The van der Waals surface area contributed by atoms with Gasteiger partial charge in [0.1, 0.15) is 12.1 Å². The molecule has 33 heavy (non-hydrogen) atoms. The number of ether oxygens (including phenoxy) is 3. The lowest BCUT2D eigenvalue weighted by atomic mass is 9.89. The van der Waals surface area contributed by atoms with Crippen molar-refractivity contribution in [2.24, 2.45) is 0 Å². The summed E-state index contributed by atoms with van der Waals surface area (Å²) in [5.41, 5.74) is 4.77. The molecule has 1 fully saturated rings. The maximum Gasteiger partial charge on any atom is 0.303 e. The summed E-state index contributed by atoms with van der Waals surface area (Å²) < 4.78 is 31.0. The highest BCUT2D eigenvalue weighted by atomic mass is 19.1. The number of nitrogens with zero attached hydrogens (tertiary/aromatic N) is 1. The maximum absolute atomic E-state index is 13.8. The monoisotopic (exact) mass is 447 g/mol. The van der Waals surface area contributed by atoms with Crippen LogP contribution < -0.4 is 0 Å². The lowest BCUT2D eigenvalue weighted by Gasteiger charge is -2.24. The Morgan fingerprint density at radius 1 is 1.18 bits per heavy atom. The first-order chi connectivity index (χ1) is 15.8. The number of pyridine rings is 1. The molecule has 1 aliphatic heterocycles. The normalized spacial score (nSPS) is 17.8. The summed E-state index contributed by atoms with van der Waals surface area (Å²) in [7, 11) is 0. The number of fused-ring (bicyclic) bond motifs is 1. The van der Waals surface area contributed by atoms with Gasteiger partial charge in [0.2, 0.25) is 5.79 Å². The van der Waals surface area contributed by atoms with Crippen LogP contribution in [0.2, 0.25) is 0 Å². The predicted octanol–water partition coefficient (Wildman–Crippen LogP) is 6.02. The minimum atomic E-state index is -0.825. The number of para-hydroxylation sites is 1. The molecule has 5 rings (SSSR count). The van der Waals surface area contributed by atoms with Gasteiger partial charge >= 0.3 is 5.97 Å². The van der Waals surface area contributed by atoms with Crippen LogP contribution in [0.3, 0.4) is 0 Å². The second kappa shape index (κ2) is 8.18. The van der Waals surface area contributed by atoms with Crippen molar-refractivity contribution in [2.45, 2.75) is 57.8 Å². The van der Waals surface area contributed by atoms with Crippen molar-refractivity contribution in [3.8, 4) is 11.1 Å². The third-order valence-corrected chi connectivity index (χ3v) is 5.96. The lowest BCUT2D eigenvalue weighted by Crippen LogP contribution is -2.27. The number of carbonyl (C=O) groups excluding carboxylic acids is 1. The van der Waals surface area contributed by atoms with E-state index >= 15 is 0 Å². The van der Waals surface area contributed by atoms with Crippen LogP contribution in [0.4, 0.5) is 4.39 Å². The lowest BCUT2D eigenvalue weighted by molar-refractivity contribution is -0.153. The predicted molar refractivity (Wildman–Crippen MR) is 123 cm³/mol. The summed E-state index contributed by atoms with van der Waals surface area (Å²) in [6.07, 6.45) is 3.37. The van der Waals surface area contributed by atoms with Crippen molar-refractivity contribution in [1.82, 2.24) is 4.98 Å². The van der Waals surface area contributed by atoms with E-state index in [9.17, 15) is 9.18 Å². The Hall–Kier alpha value is -3.41. The van der Waals surface area contributed by atoms with Crippen LogP contribution in [-0.4, -0.2) is 22.8 Å². The molecule has 1 atom stereocenters. The fourth-order valence-electron chi connectivity index (χ4n) is 4.38. The topological polar surface area (TPSA) is 57.7 Å². The first kappa shape index (κ1) is 21.4. The van der Waals surface area contributed by atoms with Gasteiger partial charge in [0, 0.05) is 44.2 Å². The molecule has 0 saturated heterocycles. The van der Waals surface area contributed by atoms with Gasteiger partial charge in [-0.15, -0.1) is 0 Å². The summed E-state index contributed by atoms with van der Waals surface area (Å²) in [5.74, 6) is -0.695. The average molecular weight is 448 g/mol. The second-order valence-electron chi connectivity index (χ2n) is 9.09. The van der Waals surface area contributed by atoms with Gasteiger partial charge in [0.05, 0.1) is 5.52 Å². The highest BCUT2D eigenvalue weighted by Crippen LogP contribution is 2.46. The Bertz CT molecular complexity index is 1240. The van der Waals surface area contributed by atoms with Crippen LogP contribution in [0.15, 0.2) is 60.6 Å². The molecule has 0 radical (unpaired) electrons. The van der Waals surface area contributed by atoms with Crippen molar-refractivity contribution in [1.29, 1.82) is 0 Å². The third kappa shape index (κ3) is 4.42. The Morgan fingerprint density at radius 2 is 1.91 bits per heavy atom. The maximum atomic E-state index is 13.8. The first-order valence-electron chi connectivity index (χ1n) is 11.2. The number of hydrogen-bond donors (Lipinski definition) is 0. The molecule has 6 heteroatoms. The number of carbonyl (C=O) groups is 1. The van der Waals surface area contributed by atoms with E-state index in [0.717, 1.165) is 46.1 Å². The van der Waals surface area contributed by atoms with E-state index < -0.39 is 17.9 Å². The van der Waals surface area contributed by atoms with E-state index in [2.05, 4.69) is 0 Å². The summed E-state index contributed by atoms with van der Waals surface area (Å²) in [6.45, 7) is 4.99. The molecule has 3 aromatic rings. The first-order valence-corrected chi connectivity index (χ1v) is 11.2. The quantitative estimate of drug-likeness (QED) is 0.433. The van der Waals surface area contributed by atoms with Crippen molar-refractivity contribution in [3.05, 3.63) is 77.6 Å². The molecule has 0 amide bonds. The second-order valence-corrected chi connectivity index (χ2v) is 9.09. The number of hydrogen-bond acceptors (Lipinski definition) is 5. The van der Waals surface area contributed by atoms with Gasteiger partial charge in [-0.3, -0.25) is 9.78 Å². The van der Waals surface area contributed by atoms with Crippen LogP contribution in [0.25, 0.3) is 22.0 Å². The number of rotatable bonds is 6. The fraction of sp³-hybridized carbons (Fsp3) is 0.333. The van der Waals surface area contributed by atoms with Gasteiger partial charge in [0.15, 0.2) is 11.9 Å². The van der Waals surface area contributed by atoms with Crippen LogP contribution in [0.5, 0.6) is 0 Å². The number of aromatic nitrogens is 1. The molecular formula is C27H26FNO4. The highest BCUT2D eigenvalue weighted by molar-refractivity contribution is 5.97. The summed E-state index contributed by atoms with van der Waals surface area (Å²) in [4.78, 5) is 17.0. The fourth-order valence-corrected chi connectivity index (χ4v) is 4.38. The zero-order valence-corrected chi connectivity index (χ0v) is 18.9. The Morgan fingerprint density at radius 3 is 2.55 bits per heavy atom. The summed E-state index contributed by atoms with van der Waals surface area (Å²) in [6, 6.07) is 14.5. The average Bonchev–Trinajstić information content (AvgIpc) is 3.55. The van der Waals surface area contributed by atoms with E-state index in [-0.39, 0.29) is 5.82 Å². The van der Waals surface area contributed by atoms with E-state index in [0.29, 0.717) is 18.1 Å². The van der Waals surface area contributed by atoms with Gasteiger partial charge in [-0.25, -0.2) is 4.39 Å². The molecule has 1 aliphatic carbocycles. The molecule has 0 bridgehead atoms. The van der Waals surface area contributed by atoms with Crippen LogP contribution in [0.1, 0.15) is 50.8 Å². The van der Waals surface area contributed by atoms with Crippen LogP contribution in [0, 0.1) is 5.82 Å². The Kier molecular flexibility index (Phi) is 5.31. The molecule has 1 saturated carbocycles. The van der Waals surface area contributed by atoms with Crippen LogP contribution in [-0.2, 0) is 25.4 Å². The molecule has 5 nitrogen and oxygen atoms in total. The van der Waals surface area contributed by atoms with Gasteiger partial charge in [0.25, 0.3) is 0 Å². The molecule has 2 aromatic carbocycles. The van der Waals surface area contributed by atoms with E-state index in [1.807, 2.05) is 24.3 Å². The third-order valence-electron chi connectivity index (χ3n) is 5.96. The van der Waals surface area contributed by atoms with Crippen LogP contribution >= 0.6 is 0 Å². The molecule has 0 spiro atoms. The molecular weight excluding hydrogens is 421 g/mol. The number of esters is 1. The van der Waals surface area contributed by atoms with Crippen molar-refractivity contribution in [2.75, 3.05) is 0 Å². The summed E-state index contributed by atoms with van der Waals surface area (Å²) in [5, 5.41) is 0.975. The molecule has 0 N–H and O–H groups in total. The molecule has 2 aliphatic rings. The summed E-state index contributed by atoms with van der Waals surface area (Å²) >= 11 is 0. The minimum Gasteiger partial charge on any atom is -0.457 e. The molecule has 1 unspecified atom stereocenters. The SMILES string of the molecule is CC(=O)OC(Cc1c(C2CC2)nc2ccccc2c1-c1ccc(F)cc1)C1=COC(C)(C)O1. The zero-order valence-electron chi connectivity index (χ0n) is 18.9. The van der Waals surface area contributed by atoms with Gasteiger partial charge in [-0.05, 0) is 47.7 Å². The van der Waals surface area contributed by atoms with E-state index in [1.165, 1.54) is 25.3 Å². The Balaban J connectivity index is 1.68. The molecule has 2 heterocycles. The standard InChI is InChI=1S/C27H26FNO4/c1-16(30)32-23(24-15-31-27(2,3)33-24)14-21-25(17-10-12-19(28)13-11-17)20-6-4-5-7-22(20)29-26(21)18-8-9-18/h4-7,10-13,15,18,23H,8-9,14H2,1-3H3. The van der Waals surface area contributed by atoms with Gasteiger partial charge in [-0.2, -0.15) is 0 Å². The minimum absolute atomic E-state index is 0.289.